The van der Waals surface area contributed by atoms with Crippen molar-refractivity contribution in [2.75, 3.05) is 5.75 Å². The molecule has 2 aromatic heterocycles. The topological polar surface area (TPSA) is 66.5 Å². The number of hydrogen-bond acceptors (Lipinski definition) is 5. The Morgan fingerprint density at radius 2 is 1.63 bits per heavy atom. The summed E-state index contributed by atoms with van der Waals surface area (Å²) < 4.78 is 27.8. The van der Waals surface area contributed by atoms with E-state index in [-0.39, 0.29) is 11.9 Å². The Morgan fingerprint density at radius 1 is 1.07 bits per heavy atom. The monoisotopic (exact) mass is 426 g/mol. The minimum atomic E-state index is -3.64. The van der Waals surface area contributed by atoms with E-state index < -0.39 is 15.8 Å². The third kappa shape index (κ3) is 6.41. The van der Waals surface area contributed by atoms with Crippen molar-refractivity contribution in [3.05, 3.63) is 44.8 Å². The molecule has 5 nitrogen and oxygen atoms in total. The van der Waals surface area contributed by atoms with Crippen LogP contribution in [0.5, 0.6) is 0 Å². The summed E-state index contributed by atoms with van der Waals surface area (Å²) in [5.74, 6) is -0.191. The molecule has 3 rings (SSSR count). The SMILES string of the molecule is CC1CCC(NS(=O)(=O)CC(=O)N(Cc2cccs2)Cc2cccs2)CC1. The summed E-state index contributed by atoms with van der Waals surface area (Å²) in [5.41, 5.74) is 0. The minimum Gasteiger partial charge on any atom is -0.331 e. The van der Waals surface area contributed by atoms with E-state index in [1.54, 1.807) is 27.6 Å². The molecular formula is C19H26N2O3S3. The lowest BCUT2D eigenvalue weighted by molar-refractivity contribution is -0.129. The Hall–Kier alpha value is -1.22. The summed E-state index contributed by atoms with van der Waals surface area (Å²) >= 11 is 3.14. The second-order valence-electron chi connectivity index (χ2n) is 7.24. The predicted octanol–water partition coefficient (Wildman–Crippen LogP) is 3.84. The largest absolute Gasteiger partial charge is 0.331 e. The number of carbonyl (C=O) groups excluding carboxylic acids is 1. The summed E-state index contributed by atoms with van der Waals surface area (Å²) in [4.78, 5) is 16.6. The number of amides is 1. The zero-order chi connectivity index (χ0) is 19.3. The van der Waals surface area contributed by atoms with Crippen LogP contribution in [0.15, 0.2) is 35.0 Å². The van der Waals surface area contributed by atoms with Gasteiger partial charge in [-0.2, -0.15) is 0 Å². The van der Waals surface area contributed by atoms with E-state index in [0.29, 0.717) is 19.0 Å². The van der Waals surface area contributed by atoms with Gasteiger partial charge in [0.25, 0.3) is 0 Å². The first kappa shape index (κ1) is 20.5. The van der Waals surface area contributed by atoms with Gasteiger partial charge >= 0.3 is 0 Å². The maximum absolute atomic E-state index is 12.8. The molecule has 0 atom stereocenters. The van der Waals surface area contributed by atoms with Crippen molar-refractivity contribution >= 4 is 38.6 Å². The molecule has 0 aromatic carbocycles. The molecule has 2 heterocycles. The van der Waals surface area contributed by atoms with Crippen LogP contribution in [0.2, 0.25) is 0 Å². The highest BCUT2D eigenvalue weighted by Gasteiger charge is 2.27. The van der Waals surface area contributed by atoms with Gasteiger partial charge in [-0.15, -0.1) is 22.7 Å². The molecule has 27 heavy (non-hydrogen) atoms. The molecule has 0 saturated heterocycles. The lowest BCUT2D eigenvalue weighted by atomic mass is 9.88. The fraction of sp³-hybridized carbons (Fsp3) is 0.526. The van der Waals surface area contributed by atoms with Gasteiger partial charge in [0.1, 0.15) is 5.75 Å². The molecule has 1 fully saturated rings. The third-order valence-corrected chi connectivity index (χ3v) is 7.92. The molecule has 1 amide bonds. The summed E-state index contributed by atoms with van der Waals surface area (Å²) in [6.45, 7) is 3.07. The van der Waals surface area contributed by atoms with Crippen molar-refractivity contribution in [1.29, 1.82) is 0 Å². The highest BCUT2D eigenvalue weighted by atomic mass is 32.2. The fourth-order valence-electron chi connectivity index (χ4n) is 3.34. The quantitative estimate of drug-likeness (QED) is 0.697. The van der Waals surface area contributed by atoms with E-state index in [1.807, 2.05) is 35.0 Å². The van der Waals surface area contributed by atoms with Crippen molar-refractivity contribution in [2.45, 2.75) is 51.7 Å². The van der Waals surface area contributed by atoms with Crippen LogP contribution in [0.4, 0.5) is 0 Å². The van der Waals surface area contributed by atoms with Gasteiger partial charge in [0.15, 0.2) is 0 Å². The smallest absolute Gasteiger partial charge is 0.239 e. The van der Waals surface area contributed by atoms with Gasteiger partial charge in [-0.25, -0.2) is 13.1 Å². The van der Waals surface area contributed by atoms with Crippen molar-refractivity contribution in [3.8, 4) is 0 Å². The number of carbonyl (C=O) groups is 1. The van der Waals surface area contributed by atoms with Crippen molar-refractivity contribution in [2.24, 2.45) is 5.92 Å². The molecule has 2 aromatic rings. The first-order valence-corrected chi connectivity index (χ1v) is 12.6. The van der Waals surface area contributed by atoms with Crippen LogP contribution < -0.4 is 4.72 Å². The number of hydrogen-bond donors (Lipinski definition) is 1. The summed E-state index contributed by atoms with van der Waals surface area (Å²) in [5, 5.41) is 3.93. The molecule has 0 bridgehead atoms. The van der Waals surface area contributed by atoms with Crippen LogP contribution in [0, 0.1) is 5.92 Å². The standard InChI is InChI=1S/C19H26N2O3S3/c1-15-6-8-16(9-7-15)20-27(23,24)14-19(22)21(12-17-4-2-10-25-17)13-18-5-3-11-26-18/h2-5,10-11,15-16,20H,6-9,12-14H2,1H3. The van der Waals surface area contributed by atoms with Crippen molar-refractivity contribution in [3.63, 3.8) is 0 Å². The second kappa shape index (κ2) is 9.32. The third-order valence-electron chi connectivity index (χ3n) is 4.88. The van der Waals surface area contributed by atoms with Crippen LogP contribution in [-0.4, -0.2) is 31.0 Å². The molecule has 0 aliphatic heterocycles. The van der Waals surface area contributed by atoms with E-state index in [9.17, 15) is 13.2 Å². The maximum atomic E-state index is 12.8. The maximum Gasteiger partial charge on any atom is 0.239 e. The lowest BCUT2D eigenvalue weighted by Crippen LogP contribution is -2.43. The van der Waals surface area contributed by atoms with Gasteiger partial charge in [-0.1, -0.05) is 19.1 Å². The molecular weight excluding hydrogens is 400 g/mol. The van der Waals surface area contributed by atoms with Crippen LogP contribution in [-0.2, 0) is 27.9 Å². The Labute approximate surface area is 169 Å². The summed E-state index contributed by atoms with van der Waals surface area (Å²) in [6, 6.07) is 7.78. The number of nitrogens with one attached hydrogen (secondary N) is 1. The average molecular weight is 427 g/mol. The first-order chi connectivity index (χ1) is 12.9. The Bertz CT molecular complexity index is 772. The van der Waals surface area contributed by atoms with Crippen LogP contribution in [0.3, 0.4) is 0 Å². The van der Waals surface area contributed by atoms with Crippen LogP contribution >= 0.6 is 22.7 Å². The molecule has 1 aliphatic carbocycles. The number of thiophene rings is 2. The summed E-state index contributed by atoms with van der Waals surface area (Å²) in [6.07, 6.45) is 3.76. The molecule has 1 aliphatic rings. The van der Waals surface area contributed by atoms with Gasteiger partial charge in [0.05, 0.1) is 13.1 Å². The van der Waals surface area contributed by atoms with Gasteiger partial charge in [0.2, 0.25) is 15.9 Å². The predicted molar refractivity (Wildman–Crippen MR) is 111 cm³/mol. The Kier molecular flexibility index (Phi) is 7.08. The fourth-order valence-corrected chi connectivity index (χ4v) is 6.11. The van der Waals surface area contributed by atoms with Crippen molar-refractivity contribution in [1.82, 2.24) is 9.62 Å². The van der Waals surface area contributed by atoms with E-state index in [4.69, 9.17) is 0 Å². The highest BCUT2D eigenvalue weighted by molar-refractivity contribution is 7.90. The van der Waals surface area contributed by atoms with Crippen LogP contribution in [0.25, 0.3) is 0 Å². The number of sulfonamides is 1. The Balaban J connectivity index is 1.63. The zero-order valence-corrected chi connectivity index (χ0v) is 17.9. The molecule has 8 heteroatoms. The molecule has 1 saturated carbocycles. The van der Waals surface area contributed by atoms with Gasteiger partial charge in [0, 0.05) is 15.8 Å². The van der Waals surface area contributed by atoms with E-state index in [1.165, 1.54) is 0 Å². The van der Waals surface area contributed by atoms with Gasteiger partial charge in [-0.05, 0) is 54.5 Å². The Morgan fingerprint density at radius 3 is 2.11 bits per heavy atom. The first-order valence-electron chi connectivity index (χ1n) is 9.24. The zero-order valence-electron chi connectivity index (χ0n) is 15.5. The van der Waals surface area contributed by atoms with E-state index >= 15 is 0 Å². The van der Waals surface area contributed by atoms with E-state index in [2.05, 4.69) is 11.6 Å². The highest BCUT2D eigenvalue weighted by Crippen LogP contribution is 2.24. The van der Waals surface area contributed by atoms with Crippen LogP contribution in [0.1, 0.15) is 42.4 Å². The normalized spacial score (nSPS) is 20.5. The van der Waals surface area contributed by atoms with Crippen molar-refractivity contribution < 1.29 is 13.2 Å². The summed E-state index contributed by atoms with van der Waals surface area (Å²) in [7, 11) is -3.64. The molecule has 0 unspecified atom stereocenters. The number of rotatable bonds is 8. The second-order valence-corrected chi connectivity index (χ2v) is 11.1. The van der Waals surface area contributed by atoms with Gasteiger partial charge < -0.3 is 4.90 Å². The minimum absolute atomic E-state index is 0.0398. The molecule has 148 valence electrons. The average Bonchev–Trinajstić information content (AvgIpc) is 3.29. The number of nitrogens with zero attached hydrogens (tertiary/aromatic N) is 1. The van der Waals surface area contributed by atoms with E-state index in [0.717, 1.165) is 35.4 Å². The van der Waals surface area contributed by atoms with Gasteiger partial charge in [-0.3, -0.25) is 4.79 Å². The molecule has 0 radical (unpaired) electrons. The molecule has 0 spiro atoms. The lowest BCUT2D eigenvalue weighted by Gasteiger charge is -2.27. The molecule has 1 N–H and O–H groups in total.